The second-order valence-electron chi connectivity index (χ2n) is 4.40. The minimum Gasteiger partial charge on any atom is -0.368 e. The van der Waals surface area contributed by atoms with Crippen molar-refractivity contribution in [3.63, 3.8) is 0 Å². The first-order valence-corrected chi connectivity index (χ1v) is 5.86. The van der Waals surface area contributed by atoms with Gasteiger partial charge in [-0.1, -0.05) is 13.8 Å². The number of hydroxylamine groups is 1. The number of rotatable bonds is 9. The zero-order valence-electron chi connectivity index (χ0n) is 10.6. The van der Waals surface area contributed by atoms with Crippen molar-refractivity contribution in [3.8, 4) is 0 Å². The van der Waals surface area contributed by atoms with Crippen molar-refractivity contribution in [2.24, 2.45) is 23.3 Å². The monoisotopic (exact) mass is 245 g/mol. The van der Waals surface area contributed by atoms with Crippen molar-refractivity contribution in [1.82, 2.24) is 5.48 Å². The van der Waals surface area contributed by atoms with Gasteiger partial charge in [0.25, 0.3) is 0 Å². The molecule has 1 atom stereocenters. The lowest BCUT2D eigenvalue weighted by Gasteiger charge is -2.19. The molecule has 0 aromatic heterocycles. The lowest BCUT2D eigenvalue weighted by molar-refractivity contribution is -0.138. The molecule has 6 nitrogen and oxygen atoms in total. The van der Waals surface area contributed by atoms with Crippen LogP contribution in [-0.2, 0) is 14.4 Å². The number of primary amides is 1. The first-order chi connectivity index (χ1) is 7.97. The molecule has 0 radical (unpaired) electrons. The first-order valence-electron chi connectivity index (χ1n) is 5.86. The number of carbonyl (C=O) groups is 2. The Balaban J connectivity index is 3.76. The Morgan fingerprint density at radius 1 is 1.29 bits per heavy atom. The smallest absolute Gasteiger partial charge is 0.246 e. The lowest BCUT2D eigenvalue weighted by Crippen LogP contribution is -2.29. The third-order valence-corrected chi connectivity index (χ3v) is 2.62. The van der Waals surface area contributed by atoms with E-state index in [2.05, 4.69) is 24.2 Å². The van der Waals surface area contributed by atoms with Crippen LogP contribution in [0.1, 0.15) is 33.1 Å². The average molecular weight is 245 g/mol. The van der Waals surface area contributed by atoms with Gasteiger partial charge >= 0.3 is 0 Å². The van der Waals surface area contributed by atoms with E-state index in [9.17, 15) is 9.59 Å². The van der Waals surface area contributed by atoms with Crippen LogP contribution in [0.3, 0.4) is 0 Å². The van der Waals surface area contributed by atoms with Crippen molar-refractivity contribution in [1.29, 1.82) is 0 Å². The molecule has 0 aliphatic carbocycles. The van der Waals surface area contributed by atoms with E-state index in [1.807, 2.05) is 0 Å². The highest BCUT2D eigenvalue weighted by atomic mass is 16.7. The molecule has 0 aromatic carbocycles. The number of amides is 2. The van der Waals surface area contributed by atoms with Gasteiger partial charge < -0.3 is 11.5 Å². The van der Waals surface area contributed by atoms with Crippen LogP contribution < -0.4 is 16.9 Å². The molecule has 17 heavy (non-hydrogen) atoms. The van der Waals surface area contributed by atoms with Gasteiger partial charge in [-0.25, -0.2) is 5.48 Å². The van der Waals surface area contributed by atoms with Crippen LogP contribution in [0.15, 0.2) is 0 Å². The van der Waals surface area contributed by atoms with Gasteiger partial charge in [0.05, 0.1) is 0 Å². The molecule has 100 valence electrons. The molecule has 2 amide bonds. The molecule has 0 aliphatic rings. The number of carbonyl (C=O) groups excluding carboxylic acids is 2. The molecule has 0 rings (SSSR count). The predicted octanol–water partition coefficient (Wildman–Crippen LogP) is -0.0793. The fourth-order valence-corrected chi connectivity index (χ4v) is 1.58. The van der Waals surface area contributed by atoms with Crippen LogP contribution in [0.25, 0.3) is 0 Å². The molecule has 1 unspecified atom stereocenters. The second-order valence-corrected chi connectivity index (χ2v) is 4.40. The zero-order valence-corrected chi connectivity index (χ0v) is 10.6. The summed E-state index contributed by atoms with van der Waals surface area (Å²) in [6.07, 6.45) is 2.04. The quantitative estimate of drug-likeness (QED) is 0.494. The Labute approximate surface area is 102 Å². The number of hydrogen-bond acceptors (Lipinski definition) is 4. The topological polar surface area (TPSA) is 107 Å². The van der Waals surface area contributed by atoms with E-state index in [1.54, 1.807) is 0 Å². The van der Waals surface area contributed by atoms with Crippen molar-refractivity contribution >= 4 is 11.8 Å². The van der Waals surface area contributed by atoms with Crippen LogP contribution in [0, 0.1) is 11.8 Å². The summed E-state index contributed by atoms with van der Waals surface area (Å²) in [4.78, 5) is 26.3. The maximum absolute atomic E-state index is 11.3. The summed E-state index contributed by atoms with van der Waals surface area (Å²) in [6.45, 7) is 4.55. The van der Waals surface area contributed by atoms with Gasteiger partial charge in [0, 0.05) is 6.42 Å². The van der Waals surface area contributed by atoms with E-state index in [4.69, 9.17) is 11.5 Å². The second kappa shape index (κ2) is 8.95. The molecule has 0 heterocycles. The fraction of sp³-hybridized carbons (Fsp3) is 0.818. The molecule has 0 saturated carbocycles. The summed E-state index contributed by atoms with van der Waals surface area (Å²) in [6, 6.07) is 0. The Hall–Kier alpha value is -1.14. The summed E-state index contributed by atoms with van der Waals surface area (Å²) in [5, 5.41) is 0. The summed E-state index contributed by atoms with van der Waals surface area (Å²) >= 11 is 0. The fourth-order valence-electron chi connectivity index (χ4n) is 1.58. The van der Waals surface area contributed by atoms with Gasteiger partial charge in [-0.2, -0.15) is 0 Å². The minimum absolute atomic E-state index is 0.242. The van der Waals surface area contributed by atoms with Crippen LogP contribution in [-0.4, -0.2) is 25.0 Å². The molecule has 0 aromatic rings. The Kier molecular flexibility index (Phi) is 8.35. The standard InChI is InChI=1S/C11H23N3O3/c1-8(2)9(5-6-12)3-4-11(16)14-17-7-10(13)15/h8-9H,3-7,12H2,1-2H3,(H2,13,15)(H,14,16). The first kappa shape index (κ1) is 15.9. The molecule has 5 N–H and O–H groups in total. The van der Waals surface area contributed by atoms with E-state index in [-0.39, 0.29) is 12.5 Å². The molecule has 0 saturated heterocycles. The number of hydrogen-bond donors (Lipinski definition) is 3. The van der Waals surface area contributed by atoms with E-state index in [1.165, 1.54) is 0 Å². The Bertz CT molecular complexity index is 244. The highest BCUT2D eigenvalue weighted by molar-refractivity contribution is 5.76. The van der Waals surface area contributed by atoms with E-state index in [0.29, 0.717) is 24.8 Å². The molecule has 0 spiro atoms. The highest BCUT2D eigenvalue weighted by Gasteiger charge is 2.14. The van der Waals surface area contributed by atoms with Gasteiger partial charge in [0.1, 0.15) is 0 Å². The van der Waals surface area contributed by atoms with E-state index >= 15 is 0 Å². The van der Waals surface area contributed by atoms with E-state index in [0.717, 1.165) is 12.8 Å². The predicted molar refractivity (Wildman–Crippen MR) is 64.5 cm³/mol. The minimum atomic E-state index is -0.617. The number of nitrogens with one attached hydrogen (secondary N) is 1. The molecular weight excluding hydrogens is 222 g/mol. The maximum atomic E-state index is 11.3. The van der Waals surface area contributed by atoms with Crippen LogP contribution >= 0.6 is 0 Å². The van der Waals surface area contributed by atoms with Crippen LogP contribution in [0.5, 0.6) is 0 Å². The molecule has 0 aliphatic heterocycles. The van der Waals surface area contributed by atoms with Gasteiger partial charge in [-0.3, -0.25) is 14.4 Å². The van der Waals surface area contributed by atoms with Crippen molar-refractivity contribution in [3.05, 3.63) is 0 Å². The largest absolute Gasteiger partial charge is 0.368 e. The summed E-state index contributed by atoms with van der Waals surface area (Å²) in [5.74, 6) is 0.0715. The molecule has 6 heteroatoms. The summed E-state index contributed by atoms with van der Waals surface area (Å²) < 4.78 is 0. The molecule has 0 fully saturated rings. The normalized spacial score (nSPS) is 12.5. The van der Waals surface area contributed by atoms with Gasteiger partial charge in [-0.05, 0) is 31.2 Å². The summed E-state index contributed by atoms with van der Waals surface area (Å²) in [5.41, 5.74) is 12.5. The zero-order chi connectivity index (χ0) is 13.3. The lowest BCUT2D eigenvalue weighted by atomic mass is 9.88. The van der Waals surface area contributed by atoms with Gasteiger partial charge in [0.15, 0.2) is 6.61 Å². The van der Waals surface area contributed by atoms with Crippen LogP contribution in [0.4, 0.5) is 0 Å². The Morgan fingerprint density at radius 2 is 1.94 bits per heavy atom. The highest BCUT2D eigenvalue weighted by Crippen LogP contribution is 2.20. The van der Waals surface area contributed by atoms with Gasteiger partial charge in [-0.15, -0.1) is 0 Å². The number of nitrogens with two attached hydrogens (primary N) is 2. The third-order valence-electron chi connectivity index (χ3n) is 2.62. The SMILES string of the molecule is CC(C)C(CCN)CCC(=O)NOCC(N)=O. The molecule has 0 bridgehead atoms. The van der Waals surface area contributed by atoms with Crippen molar-refractivity contribution in [2.45, 2.75) is 33.1 Å². The third kappa shape index (κ3) is 8.65. The van der Waals surface area contributed by atoms with Crippen LogP contribution in [0.2, 0.25) is 0 Å². The maximum Gasteiger partial charge on any atom is 0.246 e. The van der Waals surface area contributed by atoms with Gasteiger partial charge in [0.2, 0.25) is 11.8 Å². The molecular formula is C11H23N3O3. The van der Waals surface area contributed by atoms with Crippen molar-refractivity contribution in [2.75, 3.05) is 13.2 Å². The van der Waals surface area contributed by atoms with Crippen molar-refractivity contribution < 1.29 is 14.4 Å². The van der Waals surface area contributed by atoms with E-state index < -0.39 is 5.91 Å². The average Bonchev–Trinajstić information content (AvgIpc) is 2.23. The summed E-state index contributed by atoms with van der Waals surface area (Å²) in [7, 11) is 0. The Morgan fingerprint density at radius 3 is 2.41 bits per heavy atom.